The minimum atomic E-state index is -0.588. The number of phenols is 1. The number of hydrogen-bond donors (Lipinski definition) is 1. The van der Waals surface area contributed by atoms with Crippen molar-refractivity contribution in [2.45, 2.75) is 65.8 Å². The summed E-state index contributed by atoms with van der Waals surface area (Å²) in [5.74, 6) is 3.23. The van der Waals surface area contributed by atoms with Gasteiger partial charge in [0.05, 0.1) is 50.2 Å². The van der Waals surface area contributed by atoms with E-state index in [1.807, 2.05) is 18.0 Å². The molecule has 0 radical (unpaired) electrons. The standard InChI is InChI=1S/C16H20N2O3.C14H13NO6.C6H14/c1-3-7-21-15-9-13-12(8-14(15)20-2)16(19)18-6-4-5-11(18)10-17-13;1-19-12-6-4-10(8-14(12)20-2)21-13-7-9(16)3-5-11(13)15(17)18;1-4-5-6(2)3/h8-11H,3-7H2,1-2H3;3-8,16H,1-2H3;6H,4-5H2,1-3H3. The van der Waals surface area contributed by atoms with Crippen LogP contribution in [-0.2, 0) is 0 Å². The van der Waals surface area contributed by atoms with Gasteiger partial charge >= 0.3 is 5.69 Å². The Morgan fingerprint density at radius 1 is 0.938 bits per heavy atom. The molecule has 2 aliphatic heterocycles. The third-order valence-corrected chi connectivity index (χ3v) is 7.51. The second-order valence-electron chi connectivity index (χ2n) is 11.6. The van der Waals surface area contributed by atoms with Crippen LogP contribution in [0.5, 0.6) is 40.2 Å². The maximum absolute atomic E-state index is 12.7. The average molecular weight is 666 g/mol. The molecule has 1 unspecified atom stereocenters. The number of aromatic hydroxyl groups is 1. The maximum atomic E-state index is 12.7. The molecule has 12 nitrogen and oxygen atoms in total. The molecular weight excluding hydrogens is 618 g/mol. The number of rotatable bonds is 11. The van der Waals surface area contributed by atoms with E-state index in [2.05, 4.69) is 25.8 Å². The molecule has 1 amide bonds. The fourth-order valence-corrected chi connectivity index (χ4v) is 5.15. The Bertz CT molecular complexity index is 1560. The lowest BCUT2D eigenvalue weighted by Crippen LogP contribution is -2.35. The second kappa shape index (κ2) is 18.4. The van der Waals surface area contributed by atoms with Gasteiger partial charge in [0.25, 0.3) is 5.91 Å². The number of nitro groups is 1. The molecule has 260 valence electrons. The van der Waals surface area contributed by atoms with Crippen LogP contribution in [0.4, 0.5) is 11.4 Å². The molecule has 0 aromatic heterocycles. The van der Waals surface area contributed by atoms with E-state index in [0.29, 0.717) is 46.6 Å². The number of benzene rings is 3. The summed E-state index contributed by atoms with van der Waals surface area (Å²) in [6.45, 7) is 10.2. The highest BCUT2D eigenvalue weighted by Crippen LogP contribution is 2.39. The van der Waals surface area contributed by atoms with E-state index in [-0.39, 0.29) is 29.1 Å². The zero-order valence-corrected chi connectivity index (χ0v) is 28.9. The number of ether oxygens (including phenoxy) is 5. The minimum absolute atomic E-state index is 0.0327. The van der Waals surface area contributed by atoms with Gasteiger partial charge in [-0.05, 0) is 49.4 Å². The van der Waals surface area contributed by atoms with Crippen LogP contribution in [0, 0.1) is 16.0 Å². The van der Waals surface area contributed by atoms with Gasteiger partial charge in [0.15, 0.2) is 23.0 Å². The summed E-state index contributed by atoms with van der Waals surface area (Å²) in [6, 6.07) is 12.0. The summed E-state index contributed by atoms with van der Waals surface area (Å²) in [7, 11) is 4.56. The Hall–Kier alpha value is -5.00. The highest BCUT2D eigenvalue weighted by atomic mass is 16.6. The molecular formula is C36H47N3O9. The zero-order valence-electron chi connectivity index (χ0n) is 28.9. The molecule has 3 aromatic rings. The van der Waals surface area contributed by atoms with Crippen LogP contribution < -0.4 is 23.7 Å². The normalized spacial score (nSPS) is 14.4. The minimum Gasteiger partial charge on any atom is -0.508 e. The molecule has 0 saturated carbocycles. The van der Waals surface area contributed by atoms with Crippen LogP contribution >= 0.6 is 0 Å². The summed E-state index contributed by atoms with van der Waals surface area (Å²) >= 11 is 0. The van der Waals surface area contributed by atoms with Gasteiger partial charge in [-0.25, -0.2) is 0 Å². The van der Waals surface area contributed by atoms with Crippen LogP contribution in [0.15, 0.2) is 53.5 Å². The van der Waals surface area contributed by atoms with Gasteiger partial charge < -0.3 is 33.7 Å². The van der Waals surface area contributed by atoms with Crippen molar-refractivity contribution in [2.75, 3.05) is 34.5 Å². The van der Waals surface area contributed by atoms with E-state index in [1.54, 1.807) is 31.4 Å². The largest absolute Gasteiger partial charge is 0.508 e. The molecule has 1 fully saturated rings. The fraction of sp³-hybridized carbons (Fsp3) is 0.444. The van der Waals surface area contributed by atoms with E-state index in [1.165, 1.54) is 51.3 Å². The lowest BCUT2D eigenvalue weighted by molar-refractivity contribution is -0.385. The van der Waals surface area contributed by atoms with Crippen molar-refractivity contribution in [1.82, 2.24) is 4.90 Å². The van der Waals surface area contributed by atoms with Gasteiger partial charge in [-0.15, -0.1) is 0 Å². The van der Waals surface area contributed by atoms with Gasteiger partial charge in [0.2, 0.25) is 5.75 Å². The molecule has 3 aromatic carbocycles. The third-order valence-electron chi connectivity index (χ3n) is 7.51. The van der Waals surface area contributed by atoms with Crippen LogP contribution in [-0.4, -0.2) is 67.6 Å². The van der Waals surface area contributed by atoms with Gasteiger partial charge in [-0.3, -0.25) is 19.9 Å². The Kier molecular flexibility index (Phi) is 14.3. The first-order chi connectivity index (χ1) is 23.1. The number of methoxy groups -OCH3 is 3. The topological polar surface area (TPSA) is 142 Å². The molecule has 2 heterocycles. The van der Waals surface area contributed by atoms with Crippen molar-refractivity contribution in [3.8, 4) is 40.2 Å². The summed E-state index contributed by atoms with van der Waals surface area (Å²) in [4.78, 5) is 29.4. The predicted octanol–water partition coefficient (Wildman–Crippen LogP) is 8.36. The Balaban J connectivity index is 0.000000223. The van der Waals surface area contributed by atoms with Crippen molar-refractivity contribution in [3.05, 3.63) is 64.2 Å². The summed E-state index contributed by atoms with van der Waals surface area (Å²) < 4.78 is 26.7. The number of hydrogen-bond acceptors (Lipinski definition) is 10. The molecule has 5 rings (SSSR count). The van der Waals surface area contributed by atoms with Crippen LogP contribution in [0.1, 0.15) is 70.2 Å². The lowest BCUT2D eigenvalue weighted by atomic mass is 10.1. The maximum Gasteiger partial charge on any atom is 0.311 e. The molecule has 48 heavy (non-hydrogen) atoms. The van der Waals surface area contributed by atoms with E-state index in [0.717, 1.165) is 31.7 Å². The molecule has 0 bridgehead atoms. The van der Waals surface area contributed by atoms with Crippen molar-refractivity contribution < 1.29 is 38.5 Å². The van der Waals surface area contributed by atoms with Crippen molar-refractivity contribution in [2.24, 2.45) is 10.9 Å². The van der Waals surface area contributed by atoms with Gasteiger partial charge in [0.1, 0.15) is 11.5 Å². The SMILES string of the molecule is CCCC(C)C.CCCOc1cc2c(cc1OC)C(=O)N1CCCC1C=N2.COc1ccc(Oc2cc(O)ccc2[N+](=O)[O-])cc1OC. The molecule has 0 spiro atoms. The number of carbonyl (C=O) groups excluding carboxylic acids is 1. The number of fused-ring (bicyclic) bond motifs is 2. The Morgan fingerprint density at radius 2 is 1.65 bits per heavy atom. The number of nitro benzene ring substituents is 1. The number of carbonyl (C=O) groups is 1. The van der Waals surface area contributed by atoms with Crippen molar-refractivity contribution >= 4 is 23.5 Å². The number of nitrogens with zero attached hydrogens (tertiary/aromatic N) is 3. The van der Waals surface area contributed by atoms with Crippen LogP contribution in [0.25, 0.3) is 0 Å². The third kappa shape index (κ3) is 10.00. The van der Waals surface area contributed by atoms with E-state index in [9.17, 15) is 20.0 Å². The monoisotopic (exact) mass is 665 g/mol. The number of phenolic OH excluding ortho intramolecular Hbond substituents is 1. The first kappa shape index (κ1) is 37.5. The molecule has 12 heteroatoms. The quantitative estimate of drug-likeness (QED) is 0.158. The first-order valence-corrected chi connectivity index (χ1v) is 16.1. The van der Waals surface area contributed by atoms with E-state index >= 15 is 0 Å². The lowest BCUT2D eigenvalue weighted by Gasteiger charge is -2.20. The molecule has 1 atom stereocenters. The molecule has 2 aliphatic rings. The summed E-state index contributed by atoms with van der Waals surface area (Å²) in [5, 5.41) is 20.4. The predicted molar refractivity (Wildman–Crippen MR) is 185 cm³/mol. The smallest absolute Gasteiger partial charge is 0.311 e. The van der Waals surface area contributed by atoms with E-state index in [4.69, 9.17) is 23.7 Å². The number of aliphatic imine (C=N–C) groups is 1. The fourth-order valence-electron chi connectivity index (χ4n) is 5.15. The second-order valence-corrected chi connectivity index (χ2v) is 11.6. The van der Waals surface area contributed by atoms with Gasteiger partial charge in [-0.2, -0.15) is 0 Å². The number of amides is 1. The Morgan fingerprint density at radius 3 is 2.25 bits per heavy atom. The zero-order chi connectivity index (χ0) is 35.2. The summed E-state index contributed by atoms with van der Waals surface area (Å²) in [5.41, 5.74) is 1.01. The average Bonchev–Trinajstić information content (AvgIpc) is 3.50. The molecule has 0 aliphatic carbocycles. The van der Waals surface area contributed by atoms with Crippen LogP contribution in [0.3, 0.4) is 0 Å². The van der Waals surface area contributed by atoms with Gasteiger partial charge in [-0.1, -0.05) is 40.5 Å². The molecule has 1 N–H and O–H groups in total. The Labute approximate surface area is 282 Å². The van der Waals surface area contributed by atoms with Gasteiger partial charge in [0, 0.05) is 37.0 Å². The molecule has 1 saturated heterocycles. The van der Waals surface area contributed by atoms with Crippen LogP contribution in [0.2, 0.25) is 0 Å². The van der Waals surface area contributed by atoms with E-state index < -0.39 is 4.92 Å². The summed E-state index contributed by atoms with van der Waals surface area (Å²) in [6.07, 6.45) is 7.52. The highest BCUT2D eigenvalue weighted by molar-refractivity contribution is 6.03. The van der Waals surface area contributed by atoms with Crippen molar-refractivity contribution in [1.29, 1.82) is 0 Å². The first-order valence-electron chi connectivity index (χ1n) is 16.1. The van der Waals surface area contributed by atoms with Crippen molar-refractivity contribution in [3.63, 3.8) is 0 Å². The highest BCUT2D eigenvalue weighted by Gasteiger charge is 2.32.